The van der Waals surface area contributed by atoms with E-state index in [0.29, 0.717) is 0 Å². The average Bonchev–Trinajstić information content (AvgIpc) is 1.85. The Morgan fingerprint density at radius 1 is 1.73 bits per heavy atom. The number of pyridine rings is 1. The summed E-state index contributed by atoms with van der Waals surface area (Å²) in [7, 11) is 0. The van der Waals surface area contributed by atoms with Crippen molar-refractivity contribution >= 4 is 17.3 Å². The lowest BCUT2D eigenvalue weighted by atomic mass is 10.4. The Morgan fingerprint density at radius 3 is 2.82 bits per heavy atom. The van der Waals surface area contributed by atoms with Crippen molar-refractivity contribution in [1.82, 2.24) is 4.98 Å². The van der Waals surface area contributed by atoms with E-state index < -0.39 is 16.6 Å². The van der Waals surface area contributed by atoms with E-state index in [1.54, 1.807) is 0 Å². The van der Waals surface area contributed by atoms with Gasteiger partial charge in [0.25, 0.3) is 0 Å². The molecule has 0 amide bonds. The molecule has 0 spiro atoms. The molecule has 1 heterocycles. The first-order valence-corrected chi connectivity index (χ1v) is 2.94. The Labute approximate surface area is 65.8 Å². The lowest BCUT2D eigenvalue weighted by Crippen LogP contribution is -1.91. The van der Waals surface area contributed by atoms with Gasteiger partial charge in [-0.05, 0) is 0 Å². The summed E-state index contributed by atoms with van der Waals surface area (Å²) in [5.74, 6) is -0.833. The molecular weight excluding hydrogens is 175 g/mol. The maximum atomic E-state index is 12.2. The highest BCUT2D eigenvalue weighted by Crippen LogP contribution is 2.22. The van der Waals surface area contributed by atoms with E-state index in [4.69, 9.17) is 11.6 Å². The third kappa shape index (κ3) is 1.62. The topological polar surface area (TPSA) is 56.0 Å². The van der Waals surface area contributed by atoms with Crippen LogP contribution in [0.5, 0.6) is 0 Å². The maximum Gasteiger partial charge on any atom is 0.306 e. The highest BCUT2D eigenvalue weighted by molar-refractivity contribution is 6.32. The second-order valence-electron chi connectivity index (χ2n) is 1.72. The van der Waals surface area contributed by atoms with Crippen LogP contribution in [0.15, 0.2) is 12.3 Å². The lowest BCUT2D eigenvalue weighted by Gasteiger charge is -1.92. The molecule has 0 bridgehead atoms. The summed E-state index contributed by atoms with van der Waals surface area (Å²) < 4.78 is 12.2. The Balaban J connectivity index is 3.20. The molecule has 4 nitrogen and oxygen atoms in total. The van der Waals surface area contributed by atoms with Crippen molar-refractivity contribution in [2.75, 3.05) is 0 Å². The summed E-state index contributed by atoms with van der Waals surface area (Å²) in [6.07, 6.45) is 0.775. The van der Waals surface area contributed by atoms with Crippen molar-refractivity contribution in [3.8, 4) is 0 Å². The van der Waals surface area contributed by atoms with Crippen molar-refractivity contribution in [2.45, 2.75) is 0 Å². The van der Waals surface area contributed by atoms with E-state index in [1.807, 2.05) is 0 Å². The van der Waals surface area contributed by atoms with E-state index >= 15 is 0 Å². The van der Waals surface area contributed by atoms with Gasteiger partial charge in [-0.25, -0.2) is 4.98 Å². The summed E-state index contributed by atoms with van der Waals surface area (Å²) >= 11 is 5.30. The van der Waals surface area contributed by atoms with Gasteiger partial charge in [0.15, 0.2) is 0 Å². The van der Waals surface area contributed by atoms with Crippen molar-refractivity contribution in [1.29, 1.82) is 0 Å². The van der Waals surface area contributed by atoms with Gasteiger partial charge in [0.05, 0.1) is 4.92 Å². The molecule has 0 unspecified atom stereocenters. The molecule has 1 rings (SSSR count). The van der Waals surface area contributed by atoms with E-state index in [-0.39, 0.29) is 5.02 Å². The predicted octanol–water partition coefficient (Wildman–Crippen LogP) is 1.78. The van der Waals surface area contributed by atoms with Crippen LogP contribution in [0.4, 0.5) is 10.1 Å². The fraction of sp³-hybridized carbons (Fsp3) is 0. The second kappa shape index (κ2) is 2.79. The van der Waals surface area contributed by atoms with Crippen LogP contribution in [-0.2, 0) is 0 Å². The number of aromatic nitrogens is 1. The molecule has 0 aliphatic rings. The molecule has 0 fully saturated rings. The fourth-order valence-corrected chi connectivity index (χ4v) is 0.742. The van der Waals surface area contributed by atoms with Crippen LogP contribution in [0, 0.1) is 16.1 Å². The van der Waals surface area contributed by atoms with Gasteiger partial charge in [-0.2, -0.15) is 4.39 Å². The molecule has 0 aliphatic carbocycles. The van der Waals surface area contributed by atoms with Crippen LogP contribution in [-0.4, -0.2) is 9.91 Å². The fourth-order valence-electron chi connectivity index (χ4n) is 0.535. The number of nitro groups is 1. The molecule has 11 heavy (non-hydrogen) atoms. The van der Waals surface area contributed by atoms with Gasteiger partial charge in [-0.15, -0.1) is 0 Å². The van der Waals surface area contributed by atoms with Crippen molar-refractivity contribution in [3.63, 3.8) is 0 Å². The van der Waals surface area contributed by atoms with Crippen LogP contribution >= 0.6 is 11.6 Å². The van der Waals surface area contributed by atoms with Crippen LogP contribution in [0.1, 0.15) is 0 Å². The Morgan fingerprint density at radius 2 is 2.36 bits per heavy atom. The van der Waals surface area contributed by atoms with E-state index in [1.165, 1.54) is 0 Å². The minimum atomic E-state index is -0.833. The van der Waals surface area contributed by atoms with Crippen LogP contribution in [0.25, 0.3) is 0 Å². The molecule has 0 aliphatic heterocycles. The Bertz CT molecular complexity index is 305. The standard InChI is InChI=1S/C5H2ClFN2O2/c6-3-1-5(7)8-2-4(3)9(10)11/h1-2H. The Kier molecular flexibility index (Phi) is 2.00. The van der Waals surface area contributed by atoms with Gasteiger partial charge in [0.2, 0.25) is 5.95 Å². The van der Waals surface area contributed by atoms with Gasteiger partial charge in [0.1, 0.15) is 11.2 Å². The first kappa shape index (κ1) is 7.87. The van der Waals surface area contributed by atoms with Crippen LogP contribution < -0.4 is 0 Å². The zero-order valence-corrected chi connectivity index (χ0v) is 5.88. The summed E-state index contributed by atoms with van der Waals surface area (Å²) in [6, 6.07) is 0.791. The smallest absolute Gasteiger partial charge is 0.258 e. The predicted molar refractivity (Wildman–Crippen MR) is 35.9 cm³/mol. The van der Waals surface area contributed by atoms with Gasteiger partial charge in [-0.1, -0.05) is 11.6 Å². The quantitative estimate of drug-likeness (QED) is 0.372. The van der Waals surface area contributed by atoms with Gasteiger partial charge < -0.3 is 0 Å². The van der Waals surface area contributed by atoms with Gasteiger partial charge >= 0.3 is 5.69 Å². The highest BCUT2D eigenvalue weighted by Gasteiger charge is 2.12. The molecule has 0 atom stereocenters. The number of hydrogen-bond acceptors (Lipinski definition) is 3. The summed E-state index contributed by atoms with van der Waals surface area (Å²) in [5.41, 5.74) is -0.395. The molecule has 0 saturated carbocycles. The number of hydrogen-bond donors (Lipinski definition) is 0. The minimum absolute atomic E-state index is 0.248. The van der Waals surface area contributed by atoms with Crippen molar-refractivity contribution in [2.24, 2.45) is 0 Å². The van der Waals surface area contributed by atoms with Gasteiger partial charge in [-0.3, -0.25) is 10.1 Å². The first-order chi connectivity index (χ1) is 5.11. The molecule has 0 N–H and O–H groups in total. The largest absolute Gasteiger partial charge is 0.306 e. The molecule has 0 saturated heterocycles. The van der Waals surface area contributed by atoms with Crippen LogP contribution in [0.3, 0.4) is 0 Å². The molecule has 6 heteroatoms. The van der Waals surface area contributed by atoms with E-state index in [9.17, 15) is 14.5 Å². The molecule has 0 aromatic carbocycles. The normalized spacial score (nSPS) is 9.64. The first-order valence-electron chi connectivity index (χ1n) is 2.56. The minimum Gasteiger partial charge on any atom is -0.258 e. The average molecular weight is 177 g/mol. The zero-order chi connectivity index (χ0) is 8.43. The second-order valence-corrected chi connectivity index (χ2v) is 2.12. The van der Waals surface area contributed by atoms with Crippen molar-refractivity contribution < 1.29 is 9.31 Å². The third-order valence-electron chi connectivity index (χ3n) is 0.997. The summed E-state index contributed by atoms with van der Waals surface area (Å²) in [6.45, 7) is 0. The van der Waals surface area contributed by atoms with E-state index in [2.05, 4.69) is 4.98 Å². The molecule has 1 aromatic rings. The summed E-state index contributed by atoms with van der Waals surface area (Å²) in [4.78, 5) is 12.4. The number of halogens is 2. The molecule has 1 aromatic heterocycles. The molecule has 0 radical (unpaired) electrons. The Hall–Kier alpha value is -1.23. The third-order valence-corrected chi connectivity index (χ3v) is 1.30. The van der Waals surface area contributed by atoms with Gasteiger partial charge in [0, 0.05) is 6.07 Å². The lowest BCUT2D eigenvalue weighted by molar-refractivity contribution is -0.385. The van der Waals surface area contributed by atoms with E-state index in [0.717, 1.165) is 12.3 Å². The zero-order valence-electron chi connectivity index (χ0n) is 5.12. The number of rotatable bonds is 1. The SMILES string of the molecule is O=[N+]([O-])c1cnc(F)cc1Cl. The highest BCUT2D eigenvalue weighted by atomic mass is 35.5. The van der Waals surface area contributed by atoms with Crippen LogP contribution in [0.2, 0.25) is 5.02 Å². The van der Waals surface area contributed by atoms with Crippen molar-refractivity contribution in [3.05, 3.63) is 33.3 Å². The monoisotopic (exact) mass is 176 g/mol. The molecular formula is C5H2ClFN2O2. The molecule has 58 valence electrons. The maximum absolute atomic E-state index is 12.2. The number of nitrogens with zero attached hydrogens (tertiary/aromatic N) is 2. The summed E-state index contributed by atoms with van der Waals surface area (Å²) in [5, 5.41) is 9.84.